The van der Waals surface area contributed by atoms with Crippen molar-refractivity contribution in [3.63, 3.8) is 0 Å². The Kier molecular flexibility index (Phi) is 4.94. The molecule has 0 bridgehead atoms. The molecule has 3 aliphatic rings. The molecule has 20 heavy (non-hydrogen) atoms. The van der Waals surface area contributed by atoms with Gasteiger partial charge in [0.25, 0.3) is 0 Å². The van der Waals surface area contributed by atoms with Crippen LogP contribution in [0.1, 0.15) is 70.6 Å². The fourth-order valence-corrected chi connectivity index (χ4v) is 4.95. The van der Waals surface area contributed by atoms with E-state index < -0.39 is 0 Å². The van der Waals surface area contributed by atoms with Crippen LogP contribution in [0.5, 0.6) is 0 Å². The summed E-state index contributed by atoms with van der Waals surface area (Å²) >= 11 is 6.21. The highest BCUT2D eigenvalue weighted by atomic mass is 35.5. The lowest BCUT2D eigenvalue weighted by atomic mass is 9.83. The fourth-order valence-electron chi connectivity index (χ4n) is 4.58. The standard InChI is InChI=1S/C17H30ClNO/c18-13-16(7-4-5-8-16)14-19-12-15-6-11-17(20-15)9-2-1-3-10-17/h15,19H,1-14H2. The molecule has 1 heterocycles. The largest absolute Gasteiger partial charge is 0.370 e. The highest BCUT2D eigenvalue weighted by Crippen LogP contribution is 2.42. The maximum Gasteiger partial charge on any atom is 0.0708 e. The molecule has 0 aromatic heterocycles. The summed E-state index contributed by atoms with van der Waals surface area (Å²) in [4.78, 5) is 0. The van der Waals surface area contributed by atoms with Crippen LogP contribution in [0.4, 0.5) is 0 Å². The van der Waals surface area contributed by atoms with Gasteiger partial charge in [-0.1, -0.05) is 32.1 Å². The Morgan fingerprint density at radius 2 is 1.65 bits per heavy atom. The van der Waals surface area contributed by atoms with Gasteiger partial charge in [0.05, 0.1) is 11.7 Å². The van der Waals surface area contributed by atoms with Crippen LogP contribution < -0.4 is 5.32 Å². The maximum atomic E-state index is 6.43. The smallest absolute Gasteiger partial charge is 0.0708 e. The van der Waals surface area contributed by atoms with Crippen molar-refractivity contribution >= 4 is 11.6 Å². The number of hydrogen-bond acceptors (Lipinski definition) is 2. The summed E-state index contributed by atoms with van der Waals surface area (Å²) < 4.78 is 6.43. The first-order valence-electron chi connectivity index (χ1n) is 8.71. The highest BCUT2D eigenvalue weighted by molar-refractivity contribution is 6.18. The van der Waals surface area contributed by atoms with Crippen LogP contribution in [0.2, 0.25) is 0 Å². The topological polar surface area (TPSA) is 21.3 Å². The zero-order chi connectivity index (χ0) is 13.9. The number of halogens is 1. The summed E-state index contributed by atoms with van der Waals surface area (Å²) in [6.07, 6.45) is 15.1. The molecule has 3 rings (SSSR count). The van der Waals surface area contributed by atoms with Crippen LogP contribution in [0, 0.1) is 5.41 Å². The number of rotatable bonds is 5. The molecule has 1 atom stereocenters. The van der Waals surface area contributed by atoms with Gasteiger partial charge in [0.2, 0.25) is 0 Å². The second kappa shape index (κ2) is 6.54. The third-order valence-electron chi connectivity index (χ3n) is 5.92. The summed E-state index contributed by atoms with van der Waals surface area (Å²) in [5.74, 6) is 0.815. The Morgan fingerprint density at radius 1 is 0.950 bits per heavy atom. The number of nitrogens with one attached hydrogen (secondary N) is 1. The van der Waals surface area contributed by atoms with Crippen molar-refractivity contribution in [1.29, 1.82) is 0 Å². The summed E-state index contributed by atoms with van der Waals surface area (Å²) in [5, 5.41) is 3.67. The van der Waals surface area contributed by atoms with Gasteiger partial charge in [0.15, 0.2) is 0 Å². The molecular formula is C17H30ClNO. The van der Waals surface area contributed by atoms with E-state index in [9.17, 15) is 0 Å². The Labute approximate surface area is 129 Å². The van der Waals surface area contributed by atoms with Gasteiger partial charge < -0.3 is 10.1 Å². The van der Waals surface area contributed by atoms with Crippen molar-refractivity contribution in [3.8, 4) is 0 Å². The van der Waals surface area contributed by atoms with E-state index in [2.05, 4.69) is 5.32 Å². The maximum absolute atomic E-state index is 6.43. The lowest BCUT2D eigenvalue weighted by Gasteiger charge is -2.33. The first kappa shape index (κ1) is 15.1. The first-order valence-corrected chi connectivity index (χ1v) is 9.24. The van der Waals surface area contributed by atoms with E-state index in [1.54, 1.807) is 0 Å². The van der Waals surface area contributed by atoms with Gasteiger partial charge >= 0.3 is 0 Å². The van der Waals surface area contributed by atoms with E-state index in [0.717, 1.165) is 19.0 Å². The van der Waals surface area contributed by atoms with Crippen LogP contribution in [-0.4, -0.2) is 30.7 Å². The van der Waals surface area contributed by atoms with Crippen molar-refractivity contribution < 1.29 is 4.74 Å². The van der Waals surface area contributed by atoms with Gasteiger partial charge in [-0.25, -0.2) is 0 Å². The Bertz CT molecular complexity index is 308. The third kappa shape index (κ3) is 3.34. The predicted molar refractivity (Wildman–Crippen MR) is 84.4 cm³/mol. The fraction of sp³-hybridized carbons (Fsp3) is 1.00. The normalized spacial score (nSPS) is 31.9. The molecule has 1 N–H and O–H groups in total. The molecule has 0 aromatic carbocycles. The van der Waals surface area contributed by atoms with Crippen LogP contribution >= 0.6 is 11.6 Å². The molecule has 2 saturated carbocycles. The first-order chi connectivity index (χ1) is 9.76. The minimum atomic E-state index is 0.266. The summed E-state index contributed by atoms with van der Waals surface area (Å²) in [6, 6.07) is 0. The molecule has 1 saturated heterocycles. The lowest BCUT2D eigenvalue weighted by Crippen LogP contribution is -2.39. The molecule has 0 radical (unpaired) electrons. The molecule has 1 aliphatic heterocycles. The van der Waals surface area contributed by atoms with Crippen molar-refractivity contribution in [2.75, 3.05) is 19.0 Å². The molecular weight excluding hydrogens is 270 g/mol. The quantitative estimate of drug-likeness (QED) is 0.766. The molecule has 2 nitrogen and oxygen atoms in total. The molecule has 0 aromatic rings. The van der Waals surface area contributed by atoms with Gasteiger partial charge in [0, 0.05) is 19.0 Å². The molecule has 1 unspecified atom stereocenters. The number of ether oxygens (including phenoxy) is 1. The van der Waals surface area contributed by atoms with E-state index in [4.69, 9.17) is 16.3 Å². The Morgan fingerprint density at radius 3 is 2.35 bits per heavy atom. The van der Waals surface area contributed by atoms with Crippen LogP contribution in [-0.2, 0) is 4.74 Å². The van der Waals surface area contributed by atoms with E-state index in [0.29, 0.717) is 11.5 Å². The average Bonchev–Trinajstić information content (AvgIpc) is 3.09. The highest BCUT2D eigenvalue weighted by Gasteiger charge is 2.41. The van der Waals surface area contributed by atoms with Crippen LogP contribution in [0.3, 0.4) is 0 Å². The average molecular weight is 300 g/mol. The molecule has 3 fully saturated rings. The van der Waals surface area contributed by atoms with Gasteiger partial charge in [-0.3, -0.25) is 0 Å². The van der Waals surface area contributed by atoms with E-state index in [1.807, 2.05) is 0 Å². The van der Waals surface area contributed by atoms with Gasteiger partial charge in [0.1, 0.15) is 0 Å². The molecule has 3 heteroatoms. The van der Waals surface area contributed by atoms with Crippen molar-refractivity contribution in [1.82, 2.24) is 5.32 Å². The Balaban J connectivity index is 1.41. The van der Waals surface area contributed by atoms with Crippen LogP contribution in [0.25, 0.3) is 0 Å². The monoisotopic (exact) mass is 299 g/mol. The van der Waals surface area contributed by atoms with Crippen LogP contribution in [0.15, 0.2) is 0 Å². The SMILES string of the molecule is ClCC1(CNCC2CCC3(CCCCC3)O2)CCCC1. The molecule has 0 amide bonds. The summed E-state index contributed by atoms with van der Waals surface area (Å²) in [5.41, 5.74) is 0.644. The lowest BCUT2D eigenvalue weighted by molar-refractivity contribution is -0.0627. The zero-order valence-electron chi connectivity index (χ0n) is 12.8. The van der Waals surface area contributed by atoms with Crippen molar-refractivity contribution in [3.05, 3.63) is 0 Å². The van der Waals surface area contributed by atoms with Crippen molar-refractivity contribution in [2.45, 2.75) is 82.3 Å². The van der Waals surface area contributed by atoms with E-state index in [1.165, 1.54) is 70.6 Å². The third-order valence-corrected chi connectivity index (χ3v) is 6.49. The van der Waals surface area contributed by atoms with Crippen molar-refractivity contribution in [2.24, 2.45) is 5.41 Å². The number of alkyl halides is 1. The molecule has 1 spiro atoms. The minimum absolute atomic E-state index is 0.266. The Hall–Kier alpha value is 0.210. The predicted octanol–water partition coefficient (Wildman–Crippen LogP) is 4.26. The zero-order valence-corrected chi connectivity index (χ0v) is 13.5. The van der Waals surface area contributed by atoms with Gasteiger partial charge in [-0.2, -0.15) is 0 Å². The summed E-state index contributed by atoms with van der Waals surface area (Å²) in [6.45, 7) is 2.11. The molecule has 116 valence electrons. The second-order valence-electron chi connectivity index (χ2n) is 7.49. The second-order valence-corrected chi connectivity index (χ2v) is 7.76. The van der Waals surface area contributed by atoms with Gasteiger partial charge in [-0.15, -0.1) is 11.6 Å². The molecule has 2 aliphatic carbocycles. The van der Waals surface area contributed by atoms with Gasteiger partial charge in [-0.05, 0) is 43.9 Å². The number of hydrogen-bond donors (Lipinski definition) is 1. The summed E-state index contributed by atoms with van der Waals surface area (Å²) in [7, 11) is 0. The van der Waals surface area contributed by atoms with E-state index in [-0.39, 0.29) is 5.60 Å². The van der Waals surface area contributed by atoms with E-state index >= 15 is 0 Å². The minimum Gasteiger partial charge on any atom is -0.370 e.